The Bertz CT molecular complexity index is 1380. The van der Waals surface area contributed by atoms with Gasteiger partial charge in [0.25, 0.3) is 5.91 Å². The number of rotatable bonds is 14. The van der Waals surface area contributed by atoms with E-state index in [1.54, 1.807) is 0 Å². The van der Waals surface area contributed by atoms with Crippen molar-refractivity contribution in [2.45, 2.75) is 123 Å². The van der Waals surface area contributed by atoms with E-state index in [-0.39, 0.29) is 35.1 Å². The fourth-order valence-corrected chi connectivity index (χ4v) is 6.79. The molecule has 1 fully saturated rings. The molecule has 0 aromatic heterocycles. The van der Waals surface area contributed by atoms with Gasteiger partial charge in [0.05, 0.1) is 12.1 Å². The van der Waals surface area contributed by atoms with Gasteiger partial charge >= 0.3 is 6.09 Å². The lowest BCUT2D eigenvalue weighted by molar-refractivity contribution is -0.155. The molecule has 2 aromatic rings. The van der Waals surface area contributed by atoms with Crippen molar-refractivity contribution in [3.63, 3.8) is 0 Å². The Morgan fingerprint density at radius 2 is 1.40 bits per heavy atom. The molecule has 0 aliphatic carbocycles. The number of nitrogens with zero attached hydrogens (tertiary/aromatic N) is 1. The summed E-state index contributed by atoms with van der Waals surface area (Å²) < 4.78 is 12.8. The number of likely N-dealkylation sites (tertiary alicyclic amines) is 1. The number of imide groups is 1. The van der Waals surface area contributed by atoms with Gasteiger partial charge in [0, 0.05) is 18.9 Å². The van der Waals surface area contributed by atoms with Gasteiger partial charge in [-0.2, -0.15) is 0 Å². The summed E-state index contributed by atoms with van der Waals surface area (Å²) in [6.45, 7) is 20.4. The van der Waals surface area contributed by atoms with Crippen LogP contribution in [0, 0.1) is 11.8 Å². The van der Waals surface area contributed by atoms with E-state index in [9.17, 15) is 19.2 Å². The number of alkyl carbamates (subject to hydrolysis) is 1. The third-order valence-corrected chi connectivity index (χ3v) is 13.8. The van der Waals surface area contributed by atoms with Gasteiger partial charge in [-0.1, -0.05) is 95.3 Å². The fourth-order valence-electron chi connectivity index (χ4n) is 5.41. The van der Waals surface area contributed by atoms with Crippen LogP contribution in [0.4, 0.5) is 4.79 Å². The Morgan fingerprint density at radius 1 is 0.854 bits per heavy atom. The molecule has 1 heterocycles. The summed E-state index contributed by atoms with van der Waals surface area (Å²) >= 11 is 0. The molecule has 0 radical (unpaired) electrons. The van der Waals surface area contributed by atoms with Crippen LogP contribution in [-0.4, -0.2) is 67.4 Å². The molecule has 4 amide bonds. The third-order valence-electron chi connectivity index (χ3n) is 9.26. The maximum Gasteiger partial charge on any atom is 0.407 e. The number of hydrogen-bond donors (Lipinski definition) is 2. The molecule has 264 valence electrons. The number of nitrogens with one attached hydrogen (secondary N) is 2. The lowest BCUT2D eigenvalue weighted by atomic mass is 9.88. The number of benzene rings is 2. The Morgan fingerprint density at radius 3 is 1.83 bits per heavy atom. The Balaban J connectivity index is 2.06. The standard InChI is InChI=1S/C38H57N3O6Si/c1-26(2)33(35(44)41-22-21-32(41)42)40-34(43)29(23-27-17-13-11-14-18-27)25-31(47-48(9,10)38(6,7)8)30(24-28-19-15-12-16-20-28)39-36(45)46-37(3,4)5/h11-20,26,29-31,33H,21-25H2,1-10H3,(H,39,45)(H,40,43)/t29?,30?,31?,33-/m0/s1. The molecule has 1 saturated heterocycles. The Labute approximate surface area is 288 Å². The highest BCUT2D eigenvalue weighted by Crippen LogP contribution is 2.39. The van der Waals surface area contributed by atoms with Crippen LogP contribution in [0.1, 0.15) is 79.4 Å². The Hall–Kier alpha value is -3.50. The molecule has 2 N–H and O–H groups in total. The second-order valence-electron chi connectivity index (χ2n) is 15.8. The first kappa shape index (κ1) is 38.9. The molecule has 3 rings (SSSR count). The van der Waals surface area contributed by atoms with Crippen LogP contribution in [0.3, 0.4) is 0 Å². The molecule has 10 heteroatoms. The maximum atomic E-state index is 14.3. The number of β-lactam (4-membered cyclic amide) rings is 1. The van der Waals surface area contributed by atoms with Crippen LogP contribution in [0.15, 0.2) is 60.7 Å². The highest BCUT2D eigenvalue weighted by molar-refractivity contribution is 6.74. The molecular weight excluding hydrogens is 623 g/mol. The van der Waals surface area contributed by atoms with E-state index < -0.39 is 44.1 Å². The second kappa shape index (κ2) is 16.3. The highest BCUT2D eigenvalue weighted by Gasteiger charge is 2.43. The van der Waals surface area contributed by atoms with Gasteiger partial charge in [-0.15, -0.1) is 0 Å². The quantitative estimate of drug-likeness (QED) is 0.171. The van der Waals surface area contributed by atoms with Crippen molar-refractivity contribution in [2.24, 2.45) is 11.8 Å². The van der Waals surface area contributed by atoms with E-state index in [0.717, 1.165) is 11.1 Å². The third kappa shape index (κ3) is 11.3. The average molecular weight is 680 g/mol. The zero-order valence-electron chi connectivity index (χ0n) is 30.6. The highest BCUT2D eigenvalue weighted by atomic mass is 28.4. The number of carbonyl (C=O) groups excluding carboxylic acids is 4. The summed E-state index contributed by atoms with van der Waals surface area (Å²) in [5.74, 6) is -1.73. The van der Waals surface area contributed by atoms with Gasteiger partial charge in [-0.25, -0.2) is 4.79 Å². The van der Waals surface area contributed by atoms with Gasteiger partial charge < -0.3 is 19.8 Å². The van der Waals surface area contributed by atoms with Crippen LogP contribution in [0.25, 0.3) is 0 Å². The molecule has 0 spiro atoms. The smallest absolute Gasteiger partial charge is 0.407 e. The van der Waals surface area contributed by atoms with Crippen LogP contribution < -0.4 is 10.6 Å². The normalized spacial score (nSPS) is 16.4. The van der Waals surface area contributed by atoms with Gasteiger partial charge in [-0.05, 0) is 75.2 Å². The Kier molecular flexibility index (Phi) is 13.2. The molecule has 0 bridgehead atoms. The summed E-state index contributed by atoms with van der Waals surface area (Å²) in [6.07, 6.45) is 0.354. The van der Waals surface area contributed by atoms with Crippen LogP contribution >= 0.6 is 0 Å². The summed E-state index contributed by atoms with van der Waals surface area (Å²) in [6, 6.07) is 18.3. The summed E-state index contributed by atoms with van der Waals surface area (Å²) in [5, 5.41) is 6.00. The molecule has 1 aliphatic heterocycles. The fraction of sp³-hybridized carbons (Fsp3) is 0.579. The summed E-state index contributed by atoms with van der Waals surface area (Å²) in [7, 11) is -2.45. The minimum atomic E-state index is -2.45. The van der Waals surface area contributed by atoms with Crippen LogP contribution in [0.5, 0.6) is 0 Å². The largest absolute Gasteiger partial charge is 0.444 e. The monoisotopic (exact) mass is 679 g/mol. The lowest BCUT2D eigenvalue weighted by Gasteiger charge is -2.42. The predicted octanol–water partition coefficient (Wildman–Crippen LogP) is 6.66. The van der Waals surface area contributed by atoms with Crippen LogP contribution in [-0.2, 0) is 36.4 Å². The van der Waals surface area contributed by atoms with E-state index in [2.05, 4.69) is 44.5 Å². The lowest BCUT2D eigenvalue weighted by Crippen LogP contribution is -2.58. The number of ether oxygens (including phenoxy) is 1. The van der Waals surface area contributed by atoms with E-state index in [4.69, 9.17) is 9.16 Å². The van der Waals surface area contributed by atoms with Crippen molar-refractivity contribution >= 4 is 32.1 Å². The molecule has 48 heavy (non-hydrogen) atoms. The molecule has 2 aromatic carbocycles. The summed E-state index contributed by atoms with van der Waals surface area (Å²) in [5.41, 5.74) is 1.27. The topological polar surface area (TPSA) is 114 Å². The van der Waals surface area contributed by atoms with Crippen molar-refractivity contribution in [1.29, 1.82) is 0 Å². The van der Waals surface area contributed by atoms with E-state index >= 15 is 0 Å². The molecule has 4 atom stereocenters. The zero-order valence-corrected chi connectivity index (χ0v) is 31.6. The molecule has 9 nitrogen and oxygen atoms in total. The molecular formula is C38H57N3O6Si. The van der Waals surface area contributed by atoms with Gasteiger partial charge in [-0.3, -0.25) is 19.3 Å². The summed E-state index contributed by atoms with van der Waals surface area (Å²) in [4.78, 5) is 54.4. The number of carbonyl (C=O) groups is 4. The SMILES string of the molecule is CC(C)[C@H](NC(=O)C(Cc1ccccc1)CC(O[Si](C)(C)C(C)(C)C)C(Cc1ccccc1)NC(=O)OC(C)(C)C)C(=O)N1CCC1=O. The predicted molar refractivity (Wildman–Crippen MR) is 192 cm³/mol. The minimum Gasteiger partial charge on any atom is -0.444 e. The minimum absolute atomic E-state index is 0.148. The second-order valence-corrected chi connectivity index (χ2v) is 20.6. The number of amides is 4. The van der Waals surface area contributed by atoms with Crippen molar-refractivity contribution in [3.8, 4) is 0 Å². The first-order chi connectivity index (χ1) is 22.3. The van der Waals surface area contributed by atoms with E-state index in [1.807, 2.05) is 95.3 Å². The first-order valence-corrected chi connectivity index (χ1v) is 20.1. The van der Waals surface area contributed by atoms with E-state index in [1.165, 1.54) is 4.90 Å². The van der Waals surface area contributed by atoms with Crippen molar-refractivity contribution in [3.05, 3.63) is 71.8 Å². The first-order valence-electron chi connectivity index (χ1n) is 17.2. The maximum absolute atomic E-state index is 14.3. The zero-order chi connectivity index (χ0) is 35.9. The van der Waals surface area contributed by atoms with Gasteiger partial charge in [0.1, 0.15) is 11.6 Å². The molecule has 3 unspecified atom stereocenters. The van der Waals surface area contributed by atoms with Gasteiger partial charge in [0.2, 0.25) is 11.8 Å². The van der Waals surface area contributed by atoms with Crippen molar-refractivity contribution in [2.75, 3.05) is 6.54 Å². The molecule has 0 saturated carbocycles. The van der Waals surface area contributed by atoms with Crippen molar-refractivity contribution < 1.29 is 28.3 Å². The average Bonchev–Trinajstić information content (AvgIpc) is 2.97. The van der Waals surface area contributed by atoms with Gasteiger partial charge in [0.15, 0.2) is 8.32 Å². The van der Waals surface area contributed by atoms with Crippen molar-refractivity contribution in [1.82, 2.24) is 15.5 Å². The molecule has 1 aliphatic rings. The van der Waals surface area contributed by atoms with E-state index in [0.29, 0.717) is 25.8 Å². The van der Waals surface area contributed by atoms with Crippen LogP contribution in [0.2, 0.25) is 18.1 Å². The number of hydrogen-bond acceptors (Lipinski definition) is 6.